The molecule has 1 aromatic heterocycles. The van der Waals surface area contributed by atoms with Gasteiger partial charge in [0.05, 0.1) is 0 Å². The molecule has 2 rings (SSSR count). The summed E-state index contributed by atoms with van der Waals surface area (Å²) in [5.74, 6) is 2.00. The Bertz CT molecular complexity index is 397. The van der Waals surface area contributed by atoms with Gasteiger partial charge in [-0.15, -0.1) is 0 Å². The second-order valence-corrected chi connectivity index (χ2v) is 6.10. The molecule has 2 N–H and O–H groups in total. The van der Waals surface area contributed by atoms with E-state index in [1.54, 1.807) is 0 Å². The number of rotatable bonds is 4. The molecule has 0 amide bonds. The maximum atomic E-state index is 9.40. The molecule has 18 heavy (non-hydrogen) atoms. The molecule has 1 saturated carbocycles. The molecular formula is C14H21BrN2O. The summed E-state index contributed by atoms with van der Waals surface area (Å²) in [4.78, 5) is 4.39. The summed E-state index contributed by atoms with van der Waals surface area (Å²) in [6.07, 6.45) is 6.75. The maximum absolute atomic E-state index is 9.40. The summed E-state index contributed by atoms with van der Waals surface area (Å²) in [6.45, 7) is 3.30. The van der Waals surface area contributed by atoms with Crippen LogP contribution in [0.25, 0.3) is 0 Å². The Hall–Kier alpha value is -0.610. The first-order valence-corrected chi connectivity index (χ1v) is 7.47. The third kappa shape index (κ3) is 3.45. The number of halogens is 1. The predicted octanol–water partition coefficient (Wildman–Crippen LogP) is 3.36. The zero-order valence-corrected chi connectivity index (χ0v) is 12.4. The molecular weight excluding hydrogens is 292 g/mol. The number of anilines is 1. The van der Waals surface area contributed by atoms with Crippen molar-refractivity contribution in [2.45, 2.75) is 32.6 Å². The standard InChI is InChI=1S/C14H21BrN2O/c1-10-6-13(15)8-17-14(10)16-7-11-4-2-3-5-12(11)9-18/h6,8,11-12,18H,2-5,7,9H2,1H3,(H,16,17). The van der Waals surface area contributed by atoms with Gasteiger partial charge in [0, 0.05) is 23.8 Å². The summed E-state index contributed by atoms with van der Waals surface area (Å²) in [5.41, 5.74) is 1.15. The normalized spacial score (nSPS) is 23.9. The van der Waals surface area contributed by atoms with Crippen LogP contribution in [0.15, 0.2) is 16.7 Å². The lowest BCUT2D eigenvalue weighted by atomic mass is 9.79. The fourth-order valence-electron chi connectivity index (χ4n) is 2.75. The second kappa shape index (κ2) is 6.53. The molecule has 0 saturated heterocycles. The minimum absolute atomic E-state index is 0.319. The fraction of sp³-hybridized carbons (Fsp3) is 0.643. The molecule has 2 atom stereocenters. The number of aromatic nitrogens is 1. The lowest BCUT2D eigenvalue weighted by Gasteiger charge is -2.30. The number of hydrogen-bond acceptors (Lipinski definition) is 3. The first kappa shape index (κ1) is 13.8. The highest BCUT2D eigenvalue weighted by Crippen LogP contribution is 2.30. The van der Waals surface area contributed by atoms with E-state index in [0.717, 1.165) is 28.8 Å². The zero-order chi connectivity index (χ0) is 13.0. The van der Waals surface area contributed by atoms with Gasteiger partial charge in [-0.3, -0.25) is 0 Å². The molecule has 1 aliphatic carbocycles. The van der Waals surface area contributed by atoms with Crippen molar-refractivity contribution in [1.82, 2.24) is 4.98 Å². The van der Waals surface area contributed by atoms with E-state index in [4.69, 9.17) is 0 Å². The van der Waals surface area contributed by atoms with E-state index in [1.165, 1.54) is 19.3 Å². The predicted molar refractivity (Wildman–Crippen MR) is 77.7 cm³/mol. The minimum Gasteiger partial charge on any atom is -0.396 e. The van der Waals surface area contributed by atoms with Crippen LogP contribution in [0.4, 0.5) is 5.82 Å². The van der Waals surface area contributed by atoms with Crippen molar-refractivity contribution in [2.24, 2.45) is 11.8 Å². The van der Waals surface area contributed by atoms with Gasteiger partial charge in [-0.05, 0) is 59.2 Å². The van der Waals surface area contributed by atoms with Gasteiger partial charge >= 0.3 is 0 Å². The van der Waals surface area contributed by atoms with E-state index in [0.29, 0.717) is 18.4 Å². The molecule has 4 heteroatoms. The molecule has 0 aromatic carbocycles. The van der Waals surface area contributed by atoms with Crippen molar-refractivity contribution in [3.8, 4) is 0 Å². The van der Waals surface area contributed by atoms with Gasteiger partial charge in [-0.1, -0.05) is 12.8 Å². The molecule has 0 radical (unpaired) electrons. The number of nitrogens with zero attached hydrogens (tertiary/aromatic N) is 1. The molecule has 3 nitrogen and oxygen atoms in total. The molecule has 1 aromatic rings. The Labute approximate surface area is 117 Å². The summed E-state index contributed by atoms with van der Waals surface area (Å²) < 4.78 is 1.01. The quantitative estimate of drug-likeness (QED) is 0.896. The number of aliphatic hydroxyl groups is 1. The smallest absolute Gasteiger partial charge is 0.128 e. The fourth-order valence-corrected chi connectivity index (χ4v) is 3.19. The Morgan fingerprint density at radius 3 is 2.78 bits per heavy atom. The average molecular weight is 313 g/mol. The highest BCUT2D eigenvalue weighted by atomic mass is 79.9. The van der Waals surface area contributed by atoms with Crippen molar-refractivity contribution in [1.29, 1.82) is 0 Å². The van der Waals surface area contributed by atoms with Crippen LogP contribution < -0.4 is 5.32 Å². The van der Waals surface area contributed by atoms with Gasteiger partial charge in [-0.25, -0.2) is 4.98 Å². The lowest BCUT2D eigenvalue weighted by molar-refractivity contribution is 0.141. The monoisotopic (exact) mass is 312 g/mol. The Morgan fingerprint density at radius 2 is 2.11 bits per heavy atom. The summed E-state index contributed by atoms with van der Waals surface area (Å²) >= 11 is 3.42. The van der Waals surface area contributed by atoms with E-state index in [1.807, 2.05) is 6.20 Å². The number of pyridine rings is 1. The van der Waals surface area contributed by atoms with Crippen LogP contribution in [0, 0.1) is 18.8 Å². The molecule has 2 unspecified atom stereocenters. The van der Waals surface area contributed by atoms with Crippen molar-refractivity contribution in [2.75, 3.05) is 18.5 Å². The highest BCUT2D eigenvalue weighted by Gasteiger charge is 2.24. The van der Waals surface area contributed by atoms with Gasteiger partial charge in [-0.2, -0.15) is 0 Å². The molecule has 1 aliphatic rings. The van der Waals surface area contributed by atoms with E-state index in [2.05, 4.69) is 39.2 Å². The number of aryl methyl sites for hydroxylation is 1. The SMILES string of the molecule is Cc1cc(Br)cnc1NCC1CCCCC1CO. The third-order valence-corrected chi connectivity index (χ3v) is 4.31. The van der Waals surface area contributed by atoms with Gasteiger partial charge in [0.1, 0.15) is 5.82 Å². The lowest BCUT2D eigenvalue weighted by Crippen LogP contribution is -2.29. The largest absolute Gasteiger partial charge is 0.396 e. The Balaban J connectivity index is 1.93. The zero-order valence-electron chi connectivity index (χ0n) is 10.8. The van der Waals surface area contributed by atoms with Crippen LogP contribution in [0.2, 0.25) is 0 Å². The first-order chi connectivity index (χ1) is 8.70. The molecule has 100 valence electrons. The van der Waals surface area contributed by atoms with Crippen LogP contribution in [-0.2, 0) is 0 Å². The van der Waals surface area contributed by atoms with E-state index >= 15 is 0 Å². The number of hydrogen-bond donors (Lipinski definition) is 2. The van der Waals surface area contributed by atoms with E-state index in [9.17, 15) is 5.11 Å². The molecule has 0 spiro atoms. The van der Waals surface area contributed by atoms with Crippen molar-refractivity contribution in [3.63, 3.8) is 0 Å². The van der Waals surface area contributed by atoms with Crippen molar-refractivity contribution in [3.05, 3.63) is 22.3 Å². The Morgan fingerprint density at radius 1 is 1.39 bits per heavy atom. The molecule has 1 heterocycles. The van der Waals surface area contributed by atoms with Crippen LogP contribution >= 0.6 is 15.9 Å². The van der Waals surface area contributed by atoms with Gasteiger partial charge in [0.2, 0.25) is 0 Å². The van der Waals surface area contributed by atoms with Crippen LogP contribution in [0.1, 0.15) is 31.2 Å². The Kier molecular flexibility index (Phi) is 5.01. The van der Waals surface area contributed by atoms with Crippen LogP contribution in [0.5, 0.6) is 0 Å². The summed E-state index contributed by atoms with van der Waals surface area (Å²) in [6, 6.07) is 2.07. The maximum Gasteiger partial charge on any atom is 0.128 e. The summed E-state index contributed by atoms with van der Waals surface area (Å²) in [5, 5.41) is 12.8. The third-order valence-electron chi connectivity index (χ3n) is 3.88. The first-order valence-electron chi connectivity index (χ1n) is 6.67. The molecule has 0 aliphatic heterocycles. The van der Waals surface area contributed by atoms with Gasteiger partial charge in [0.15, 0.2) is 0 Å². The number of nitrogens with one attached hydrogen (secondary N) is 1. The van der Waals surface area contributed by atoms with Crippen molar-refractivity contribution >= 4 is 21.7 Å². The topological polar surface area (TPSA) is 45.2 Å². The van der Waals surface area contributed by atoms with E-state index in [-0.39, 0.29) is 0 Å². The second-order valence-electron chi connectivity index (χ2n) is 5.19. The van der Waals surface area contributed by atoms with Crippen LogP contribution in [0.3, 0.4) is 0 Å². The van der Waals surface area contributed by atoms with Gasteiger partial charge in [0.25, 0.3) is 0 Å². The minimum atomic E-state index is 0.319. The van der Waals surface area contributed by atoms with Gasteiger partial charge < -0.3 is 10.4 Å². The molecule has 1 fully saturated rings. The average Bonchev–Trinajstić information content (AvgIpc) is 2.38. The highest BCUT2D eigenvalue weighted by molar-refractivity contribution is 9.10. The van der Waals surface area contributed by atoms with E-state index < -0.39 is 0 Å². The van der Waals surface area contributed by atoms with Crippen molar-refractivity contribution < 1.29 is 5.11 Å². The number of aliphatic hydroxyl groups excluding tert-OH is 1. The van der Waals surface area contributed by atoms with Crippen LogP contribution in [-0.4, -0.2) is 23.2 Å². The summed E-state index contributed by atoms with van der Waals surface area (Å²) in [7, 11) is 0. The molecule has 0 bridgehead atoms.